The van der Waals surface area contributed by atoms with Crippen molar-refractivity contribution in [2.75, 3.05) is 5.75 Å². The minimum absolute atomic E-state index is 0.0653. The number of rotatable bonds is 11. The van der Waals surface area contributed by atoms with Crippen LogP contribution in [0, 0.1) is 0 Å². The molecule has 194 valence electrons. The average Bonchev–Trinajstić information content (AvgIpc) is 3.41. The number of carbonyl (C=O) groups excluding carboxylic acids is 2. The van der Waals surface area contributed by atoms with Crippen LogP contribution < -0.4 is 5.32 Å². The van der Waals surface area contributed by atoms with E-state index in [-0.39, 0.29) is 23.6 Å². The lowest BCUT2D eigenvalue weighted by atomic mass is 10.0. The van der Waals surface area contributed by atoms with Crippen LogP contribution >= 0.6 is 35.0 Å². The van der Waals surface area contributed by atoms with Crippen molar-refractivity contribution in [1.82, 2.24) is 10.2 Å². The summed E-state index contributed by atoms with van der Waals surface area (Å²) in [6, 6.07) is 24.6. The average molecular weight is 556 g/mol. The molecule has 4 rings (SSSR count). The molecule has 2 amide bonds. The first-order chi connectivity index (χ1) is 18.0. The highest BCUT2D eigenvalue weighted by Crippen LogP contribution is 2.22. The Morgan fingerprint density at radius 1 is 0.865 bits per heavy atom. The number of amides is 2. The summed E-state index contributed by atoms with van der Waals surface area (Å²) in [7, 11) is 0. The molecule has 0 heterocycles. The lowest BCUT2D eigenvalue weighted by molar-refractivity contribution is -0.139. The van der Waals surface area contributed by atoms with Crippen molar-refractivity contribution in [2.45, 2.75) is 56.5 Å². The summed E-state index contributed by atoms with van der Waals surface area (Å²) < 4.78 is 0. The van der Waals surface area contributed by atoms with E-state index in [0.717, 1.165) is 42.4 Å². The summed E-state index contributed by atoms with van der Waals surface area (Å²) >= 11 is 13.8. The van der Waals surface area contributed by atoms with Gasteiger partial charge in [0, 0.05) is 34.8 Å². The molecule has 1 unspecified atom stereocenters. The fourth-order valence-electron chi connectivity index (χ4n) is 4.67. The maximum atomic E-state index is 13.7. The molecule has 0 saturated heterocycles. The second-order valence-corrected chi connectivity index (χ2v) is 11.3. The Morgan fingerprint density at radius 2 is 1.57 bits per heavy atom. The fourth-order valence-corrected chi connectivity index (χ4v) is 5.87. The Bertz CT molecular complexity index is 1170. The Kier molecular flexibility index (Phi) is 10.4. The van der Waals surface area contributed by atoms with Crippen LogP contribution in [0.1, 0.15) is 42.4 Å². The highest BCUT2D eigenvalue weighted by Gasteiger charge is 2.32. The topological polar surface area (TPSA) is 49.4 Å². The first kappa shape index (κ1) is 27.6. The predicted octanol–water partition coefficient (Wildman–Crippen LogP) is 6.93. The van der Waals surface area contributed by atoms with Crippen LogP contribution in [0.3, 0.4) is 0 Å². The number of nitrogens with one attached hydrogen (secondary N) is 1. The van der Waals surface area contributed by atoms with Gasteiger partial charge >= 0.3 is 0 Å². The summed E-state index contributed by atoms with van der Waals surface area (Å²) in [5.41, 5.74) is 3.02. The van der Waals surface area contributed by atoms with E-state index in [1.165, 1.54) is 11.8 Å². The number of carbonyl (C=O) groups is 2. The third kappa shape index (κ3) is 8.53. The molecule has 37 heavy (non-hydrogen) atoms. The Morgan fingerprint density at radius 3 is 2.27 bits per heavy atom. The van der Waals surface area contributed by atoms with E-state index in [2.05, 4.69) is 5.32 Å². The molecule has 0 bridgehead atoms. The van der Waals surface area contributed by atoms with Crippen molar-refractivity contribution >= 4 is 46.8 Å². The van der Waals surface area contributed by atoms with Gasteiger partial charge in [0.2, 0.25) is 11.8 Å². The van der Waals surface area contributed by atoms with Crippen LogP contribution in [-0.2, 0) is 28.3 Å². The van der Waals surface area contributed by atoms with E-state index in [1.54, 1.807) is 4.90 Å². The normalized spacial score (nSPS) is 14.3. The monoisotopic (exact) mass is 554 g/mol. The number of hydrogen-bond acceptors (Lipinski definition) is 3. The zero-order valence-electron chi connectivity index (χ0n) is 20.7. The van der Waals surface area contributed by atoms with Gasteiger partial charge in [0.1, 0.15) is 6.04 Å². The van der Waals surface area contributed by atoms with Crippen LogP contribution in [0.2, 0.25) is 10.0 Å². The van der Waals surface area contributed by atoms with E-state index in [1.807, 2.05) is 78.9 Å². The van der Waals surface area contributed by atoms with Gasteiger partial charge in [-0.15, -0.1) is 11.8 Å². The van der Waals surface area contributed by atoms with Gasteiger partial charge in [-0.25, -0.2) is 0 Å². The molecule has 3 aromatic rings. The molecule has 1 aliphatic carbocycles. The Labute approximate surface area is 233 Å². The van der Waals surface area contributed by atoms with E-state index >= 15 is 0 Å². The second-order valence-electron chi connectivity index (χ2n) is 9.47. The van der Waals surface area contributed by atoms with Gasteiger partial charge in [-0.2, -0.15) is 0 Å². The molecule has 1 aliphatic rings. The summed E-state index contributed by atoms with van der Waals surface area (Å²) in [5.74, 6) is 0.781. The predicted molar refractivity (Wildman–Crippen MR) is 154 cm³/mol. The van der Waals surface area contributed by atoms with E-state index in [4.69, 9.17) is 23.2 Å². The molecule has 1 fully saturated rings. The van der Waals surface area contributed by atoms with Crippen molar-refractivity contribution in [3.63, 3.8) is 0 Å². The molecule has 0 aliphatic heterocycles. The van der Waals surface area contributed by atoms with Gasteiger partial charge in [0.15, 0.2) is 0 Å². The van der Waals surface area contributed by atoms with Gasteiger partial charge in [0.25, 0.3) is 0 Å². The third-order valence-corrected chi connectivity index (χ3v) is 8.10. The van der Waals surface area contributed by atoms with Gasteiger partial charge < -0.3 is 10.2 Å². The maximum Gasteiger partial charge on any atom is 0.243 e. The zero-order chi connectivity index (χ0) is 26.0. The number of nitrogens with zero attached hydrogens (tertiary/aromatic N) is 1. The molecular formula is C30H32Cl2N2O2S. The maximum absolute atomic E-state index is 13.7. The highest BCUT2D eigenvalue weighted by atomic mass is 35.5. The van der Waals surface area contributed by atoms with Crippen LogP contribution in [0.5, 0.6) is 0 Å². The zero-order valence-corrected chi connectivity index (χ0v) is 23.1. The molecule has 1 saturated carbocycles. The molecule has 3 aromatic carbocycles. The summed E-state index contributed by atoms with van der Waals surface area (Å²) in [5, 5.41) is 4.56. The number of hydrogen-bond donors (Lipinski definition) is 1. The number of thioether (sulfide) groups is 1. The van der Waals surface area contributed by atoms with Crippen LogP contribution in [0.25, 0.3) is 0 Å². The largest absolute Gasteiger partial charge is 0.352 e. The second kappa shape index (κ2) is 13.9. The molecule has 0 spiro atoms. The SMILES string of the molecule is O=C(NC1CCCC1)C(Cc1ccccc1)N(Cc1ccc(Cl)cc1)C(=O)CSCc1cccc(Cl)c1. The third-order valence-electron chi connectivity index (χ3n) is 6.62. The summed E-state index contributed by atoms with van der Waals surface area (Å²) in [6.45, 7) is 0.337. The Balaban J connectivity index is 1.56. The van der Waals surface area contributed by atoms with Crippen molar-refractivity contribution < 1.29 is 9.59 Å². The van der Waals surface area contributed by atoms with E-state index in [0.29, 0.717) is 28.8 Å². The standard InChI is InChI=1S/C30H32Cl2N2O2S/c31-25-15-13-23(14-16-25)19-34(29(35)21-37-20-24-9-6-10-26(32)17-24)28(18-22-7-2-1-3-8-22)30(36)33-27-11-4-5-12-27/h1-3,6-10,13-17,27-28H,4-5,11-12,18-21H2,(H,33,36). The molecule has 4 nitrogen and oxygen atoms in total. The number of halogens is 2. The summed E-state index contributed by atoms with van der Waals surface area (Å²) in [4.78, 5) is 29.1. The smallest absolute Gasteiger partial charge is 0.243 e. The molecule has 0 aromatic heterocycles. The van der Waals surface area contributed by atoms with E-state index in [9.17, 15) is 9.59 Å². The van der Waals surface area contributed by atoms with Crippen LogP contribution in [0.15, 0.2) is 78.9 Å². The highest BCUT2D eigenvalue weighted by molar-refractivity contribution is 7.99. The Hall–Kier alpha value is -2.47. The van der Waals surface area contributed by atoms with Gasteiger partial charge in [-0.05, 0) is 53.8 Å². The van der Waals surface area contributed by atoms with Crippen molar-refractivity contribution in [2.24, 2.45) is 0 Å². The molecule has 1 atom stereocenters. The van der Waals surface area contributed by atoms with Crippen molar-refractivity contribution in [3.05, 3.63) is 106 Å². The van der Waals surface area contributed by atoms with Gasteiger partial charge in [-0.1, -0.05) is 90.6 Å². The molecule has 0 radical (unpaired) electrons. The van der Waals surface area contributed by atoms with Crippen LogP contribution in [-0.4, -0.2) is 34.6 Å². The van der Waals surface area contributed by atoms with Crippen molar-refractivity contribution in [1.29, 1.82) is 0 Å². The van der Waals surface area contributed by atoms with Crippen molar-refractivity contribution in [3.8, 4) is 0 Å². The molecule has 1 N–H and O–H groups in total. The minimum Gasteiger partial charge on any atom is -0.352 e. The summed E-state index contributed by atoms with van der Waals surface area (Å²) in [6.07, 6.45) is 4.69. The van der Waals surface area contributed by atoms with Crippen LogP contribution in [0.4, 0.5) is 0 Å². The number of benzene rings is 3. The minimum atomic E-state index is -0.613. The quantitative estimate of drug-likeness (QED) is 0.279. The molecular weight excluding hydrogens is 523 g/mol. The fraction of sp³-hybridized carbons (Fsp3) is 0.333. The molecule has 7 heteroatoms. The lowest BCUT2D eigenvalue weighted by Crippen LogP contribution is -2.52. The first-order valence-corrected chi connectivity index (χ1v) is 14.6. The van der Waals surface area contributed by atoms with E-state index < -0.39 is 6.04 Å². The first-order valence-electron chi connectivity index (χ1n) is 12.7. The van der Waals surface area contributed by atoms with Gasteiger partial charge in [0.05, 0.1) is 5.75 Å². The van der Waals surface area contributed by atoms with Gasteiger partial charge in [-0.3, -0.25) is 9.59 Å². The lowest BCUT2D eigenvalue weighted by Gasteiger charge is -2.32.